The Morgan fingerprint density at radius 1 is 1.48 bits per heavy atom. The van der Waals surface area contributed by atoms with Crippen molar-refractivity contribution in [3.63, 3.8) is 0 Å². The number of carbonyl (C=O) groups is 1. The maximum atomic E-state index is 12.1. The average Bonchev–Trinajstić information content (AvgIpc) is 3.10. The van der Waals surface area contributed by atoms with Crippen molar-refractivity contribution in [3.05, 3.63) is 24.2 Å². The zero-order valence-electron chi connectivity index (χ0n) is 12.9. The number of nitrogens with zero attached hydrogens (tertiary/aromatic N) is 4. The molecule has 1 fully saturated rings. The Hall–Kier alpha value is -1.91. The number of fused-ring (bicyclic) bond motifs is 1. The van der Waals surface area contributed by atoms with Crippen LogP contribution >= 0.6 is 0 Å². The van der Waals surface area contributed by atoms with Crippen LogP contribution in [0.5, 0.6) is 0 Å². The second kappa shape index (κ2) is 5.47. The summed E-state index contributed by atoms with van der Waals surface area (Å²) >= 11 is 0. The van der Waals surface area contributed by atoms with Gasteiger partial charge in [-0.2, -0.15) is 0 Å². The van der Waals surface area contributed by atoms with E-state index in [1.54, 1.807) is 0 Å². The van der Waals surface area contributed by atoms with Gasteiger partial charge in [0.15, 0.2) is 5.65 Å². The first-order valence-corrected chi connectivity index (χ1v) is 7.71. The van der Waals surface area contributed by atoms with Crippen molar-refractivity contribution in [2.75, 3.05) is 13.1 Å². The molecule has 1 saturated heterocycles. The number of hydrogen-bond acceptors (Lipinski definition) is 3. The maximum absolute atomic E-state index is 12.1. The van der Waals surface area contributed by atoms with Gasteiger partial charge in [-0.05, 0) is 25.5 Å². The van der Waals surface area contributed by atoms with Crippen LogP contribution in [0.1, 0.15) is 38.9 Å². The molecule has 1 atom stereocenters. The number of aryl methyl sites for hydroxylation is 1. The number of rotatable bonds is 3. The summed E-state index contributed by atoms with van der Waals surface area (Å²) in [6.07, 6.45) is 2.80. The third-order valence-corrected chi connectivity index (χ3v) is 4.21. The first-order chi connectivity index (χ1) is 10.1. The van der Waals surface area contributed by atoms with Crippen LogP contribution < -0.4 is 0 Å². The predicted molar refractivity (Wildman–Crippen MR) is 82.0 cm³/mol. The molecule has 0 spiro atoms. The van der Waals surface area contributed by atoms with Crippen molar-refractivity contribution < 1.29 is 4.79 Å². The van der Waals surface area contributed by atoms with E-state index in [4.69, 9.17) is 4.98 Å². The van der Waals surface area contributed by atoms with Crippen molar-refractivity contribution in [1.82, 2.24) is 19.4 Å². The largest absolute Gasteiger partial charge is 0.342 e. The molecule has 2 aromatic rings. The third-order valence-electron chi connectivity index (χ3n) is 4.21. The van der Waals surface area contributed by atoms with Crippen LogP contribution in [0.3, 0.4) is 0 Å². The van der Waals surface area contributed by atoms with E-state index in [1.807, 2.05) is 37.1 Å². The molecule has 1 amide bonds. The fourth-order valence-corrected chi connectivity index (χ4v) is 3.14. The number of imidazole rings is 1. The van der Waals surface area contributed by atoms with Crippen molar-refractivity contribution in [1.29, 1.82) is 0 Å². The van der Waals surface area contributed by atoms with Crippen molar-refractivity contribution in [3.8, 4) is 0 Å². The number of aromatic nitrogens is 3. The Kier molecular flexibility index (Phi) is 3.66. The molecule has 3 heterocycles. The van der Waals surface area contributed by atoms with Gasteiger partial charge in [-0.25, -0.2) is 9.97 Å². The molecule has 1 aliphatic rings. The maximum Gasteiger partial charge on any atom is 0.225 e. The van der Waals surface area contributed by atoms with E-state index in [2.05, 4.69) is 16.5 Å². The fourth-order valence-electron chi connectivity index (χ4n) is 3.14. The molecule has 0 saturated carbocycles. The minimum Gasteiger partial charge on any atom is -0.342 e. The molecule has 5 heteroatoms. The topological polar surface area (TPSA) is 51.0 Å². The zero-order valence-corrected chi connectivity index (χ0v) is 12.9. The summed E-state index contributed by atoms with van der Waals surface area (Å²) in [7, 11) is 0. The van der Waals surface area contributed by atoms with E-state index in [0.29, 0.717) is 5.92 Å². The Labute approximate surface area is 125 Å². The molecule has 0 bridgehead atoms. The minimum absolute atomic E-state index is 0.0652. The monoisotopic (exact) mass is 286 g/mol. The molecule has 5 nitrogen and oxygen atoms in total. The van der Waals surface area contributed by atoms with Crippen LogP contribution in [0.4, 0.5) is 0 Å². The van der Waals surface area contributed by atoms with Crippen molar-refractivity contribution >= 4 is 17.1 Å². The van der Waals surface area contributed by atoms with Gasteiger partial charge >= 0.3 is 0 Å². The first kappa shape index (κ1) is 14.0. The van der Waals surface area contributed by atoms with Gasteiger partial charge in [0.25, 0.3) is 0 Å². The lowest BCUT2D eigenvalue weighted by molar-refractivity contribution is -0.133. The summed E-state index contributed by atoms with van der Waals surface area (Å²) in [5.74, 6) is 1.71. The summed E-state index contributed by atoms with van der Waals surface area (Å²) in [5, 5.41) is 0. The highest BCUT2D eigenvalue weighted by atomic mass is 16.2. The number of amides is 1. The van der Waals surface area contributed by atoms with Crippen LogP contribution in [0.2, 0.25) is 0 Å². The molecule has 0 aromatic carbocycles. The Bertz CT molecular complexity index is 661. The number of hydrogen-bond donors (Lipinski definition) is 0. The Morgan fingerprint density at radius 2 is 2.29 bits per heavy atom. The van der Waals surface area contributed by atoms with Gasteiger partial charge in [0.05, 0.1) is 0 Å². The third kappa shape index (κ3) is 2.41. The van der Waals surface area contributed by atoms with E-state index in [0.717, 1.165) is 43.0 Å². The van der Waals surface area contributed by atoms with Gasteiger partial charge in [0.2, 0.25) is 5.91 Å². The number of likely N-dealkylation sites (tertiary alicyclic amines) is 1. The summed E-state index contributed by atoms with van der Waals surface area (Å²) in [5.41, 5.74) is 1.90. The Morgan fingerprint density at radius 3 is 3.00 bits per heavy atom. The molecule has 112 valence electrons. The molecular weight excluding hydrogens is 264 g/mol. The number of carbonyl (C=O) groups excluding carboxylic acids is 1. The van der Waals surface area contributed by atoms with Crippen LogP contribution in [-0.2, 0) is 11.3 Å². The van der Waals surface area contributed by atoms with Crippen LogP contribution in [0, 0.1) is 5.92 Å². The van der Waals surface area contributed by atoms with Gasteiger partial charge in [0.1, 0.15) is 11.3 Å². The van der Waals surface area contributed by atoms with E-state index in [9.17, 15) is 4.79 Å². The van der Waals surface area contributed by atoms with Gasteiger partial charge < -0.3 is 9.47 Å². The molecule has 0 N–H and O–H groups in total. The molecule has 0 aliphatic carbocycles. The fraction of sp³-hybridized carbons (Fsp3) is 0.562. The molecule has 1 aliphatic heterocycles. The standard InChI is InChI=1S/C16H22N4O/c1-4-20-14(18-13-6-5-8-17-15(13)20)12-7-9-19(10-12)16(21)11(2)3/h5-6,8,11-12H,4,7,9-10H2,1-3H3. The van der Waals surface area contributed by atoms with E-state index >= 15 is 0 Å². The van der Waals surface area contributed by atoms with Crippen molar-refractivity contribution in [2.45, 2.75) is 39.7 Å². The highest BCUT2D eigenvalue weighted by molar-refractivity contribution is 5.78. The van der Waals surface area contributed by atoms with E-state index < -0.39 is 0 Å². The molecule has 3 rings (SSSR count). The quantitative estimate of drug-likeness (QED) is 0.870. The summed E-state index contributed by atoms with van der Waals surface area (Å²) < 4.78 is 2.18. The van der Waals surface area contributed by atoms with Gasteiger partial charge in [-0.15, -0.1) is 0 Å². The predicted octanol–water partition coefficient (Wildman–Crippen LogP) is 2.42. The van der Waals surface area contributed by atoms with Crippen molar-refractivity contribution in [2.24, 2.45) is 5.92 Å². The van der Waals surface area contributed by atoms with Crippen LogP contribution in [0.25, 0.3) is 11.2 Å². The second-order valence-corrected chi connectivity index (χ2v) is 5.98. The van der Waals surface area contributed by atoms with E-state index in [-0.39, 0.29) is 11.8 Å². The molecule has 1 unspecified atom stereocenters. The lowest BCUT2D eigenvalue weighted by Crippen LogP contribution is -2.32. The Balaban J connectivity index is 1.90. The van der Waals surface area contributed by atoms with Gasteiger partial charge in [-0.1, -0.05) is 13.8 Å². The molecule has 2 aromatic heterocycles. The lowest BCUT2D eigenvalue weighted by atomic mass is 10.1. The van der Waals surface area contributed by atoms with Crippen LogP contribution in [-0.4, -0.2) is 38.4 Å². The summed E-state index contributed by atoms with van der Waals surface area (Å²) in [6, 6.07) is 3.92. The minimum atomic E-state index is 0.0652. The zero-order chi connectivity index (χ0) is 15.0. The first-order valence-electron chi connectivity index (χ1n) is 7.71. The van der Waals surface area contributed by atoms with Gasteiger partial charge in [-0.3, -0.25) is 4.79 Å². The number of pyridine rings is 1. The van der Waals surface area contributed by atoms with Gasteiger partial charge in [0, 0.05) is 37.7 Å². The average molecular weight is 286 g/mol. The SMILES string of the molecule is CCn1c(C2CCN(C(=O)C(C)C)C2)nc2cccnc21. The van der Waals surface area contributed by atoms with Crippen LogP contribution in [0.15, 0.2) is 18.3 Å². The summed E-state index contributed by atoms with van der Waals surface area (Å²) in [6.45, 7) is 8.51. The highest BCUT2D eigenvalue weighted by Gasteiger charge is 2.31. The summed E-state index contributed by atoms with van der Waals surface area (Å²) in [4.78, 5) is 23.3. The molecule has 0 radical (unpaired) electrons. The molecular formula is C16H22N4O. The van der Waals surface area contributed by atoms with E-state index in [1.165, 1.54) is 0 Å². The normalized spacial score (nSPS) is 18.9. The smallest absolute Gasteiger partial charge is 0.225 e. The second-order valence-electron chi connectivity index (χ2n) is 5.98. The highest BCUT2D eigenvalue weighted by Crippen LogP contribution is 2.29. The lowest BCUT2D eigenvalue weighted by Gasteiger charge is -2.18. The molecule has 21 heavy (non-hydrogen) atoms.